The molecule has 0 saturated carbocycles. The predicted octanol–water partition coefficient (Wildman–Crippen LogP) is -1.09. The van der Waals surface area contributed by atoms with Crippen molar-refractivity contribution in [3.05, 3.63) is 0 Å². The van der Waals surface area contributed by atoms with E-state index in [1.807, 2.05) is 0 Å². The Hall–Kier alpha value is -1.14. The van der Waals surface area contributed by atoms with Crippen LogP contribution in [0.1, 0.15) is 6.42 Å². The molecule has 2 rings (SSSR count). The maximum absolute atomic E-state index is 11.5. The van der Waals surface area contributed by atoms with Gasteiger partial charge in [0.25, 0.3) is 0 Å². The van der Waals surface area contributed by atoms with Crippen molar-refractivity contribution >= 4 is 11.9 Å². The lowest BCUT2D eigenvalue weighted by molar-refractivity contribution is -0.165. The fourth-order valence-corrected chi connectivity index (χ4v) is 2.13. The van der Waals surface area contributed by atoms with E-state index < -0.39 is 12.1 Å². The monoisotopic (exact) mass is 228 g/mol. The van der Waals surface area contributed by atoms with Gasteiger partial charge in [-0.3, -0.25) is 4.79 Å². The highest BCUT2D eigenvalue weighted by molar-refractivity contribution is 5.81. The summed E-state index contributed by atoms with van der Waals surface area (Å²) in [5.41, 5.74) is 0. The van der Waals surface area contributed by atoms with E-state index in [0.29, 0.717) is 12.5 Å². The Bertz CT molecular complexity index is 289. The van der Waals surface area contributed by atoms with E-state index in [1.165, 1.54) is 0 Å². The molecule has 0 aliphatic carbocycles. The van der Waals surface area contributed by atoms with Gasteiger partial charge in [0.05, 0.1) is 6.54 Å². The maximum atomic E-state index is 11.5. The summed E-state index contributed by atoms with van der Waals surface area (Å²) in [6.07, 6.45) is 0.176. The lowest BCUT2D eigenvalue weighted by Crippen LogP contribution is -2.51. The highest BCUT2D eigenvalue weighted by Gasteiger charge is 2.32. The summed E-state index contributed by atoms with van der Waals surface area (Å²) in [7, 11) is 0. The van der Waals surface area contributed by atoms with Gasteiger partial charge in [0, 0.05) is 6.54 Å². The number of morpholine rings is 1. The van der Waals surface area contributed by atoms with Gasteiger partial charge in [-0.05, 0) is 25.4 Å². The van der Waals surface area contributed by atoms with E-state index >= 15 is 0 Å². The van der Waals surface area contributed by atoms with Crippen LogP contribution in [0.4, 0.5) is 0 Å². The summed E-state index contributed by atoms with van der Waals surface area (Å²) in [4.78, 5) is 23.9. The normalized spacial score (nSPS) is 30.8. The number of aliphatic carboxylic acids is 1. The predicted molar refractivity (Wildman–Crippen MR) is 54.9 cm³/mol. The van der Waals surface area contributed by atoms with Crippen molar-refractivity contribution in [2.24, 2.45) is 5.92 Å². The molecule has 2 fully saturated rings. The number of amides is 1. The molecule has 0 aromatic carbocycles. The van der Waals surface area contributed by atoms with Gasteiger partial charge >= 0.3 is 5.97 Å². The minimum absolute atomic E-state index is 0.107. The fourth-order valence-electron chi connectivity index (χ4n) is 2.13. The average molecular weight is 228 g/mol. The van der Waals surface area contributed by atoms with Crippen LogP contribution in [-0.2, 0) is 14.3 Å². The van der Waals surface area contributed by atoms with Crippen molar-refractivity contribution in [2.45, 2.75) is 12.5 Å². The number of ether oxygens (including phenoxy) is 1. The third-order valence-electron chi connectivity index (χ3n) is 3.06. The zero-order chi connectivity index (χ0) is 11.5. The van der Waals surface area contributed by atoms with Crippen LogP contribution in [0.2, 0.25) is 0 Å². The lowest BCUT2D eigenvalue weighted by atomic mass is 10.1. The molecule has 0 aromatic rings. The van der Waals surface area contributed by atoms with Crippen molar-refractivity contribution in [2.75, 3.05) is 32.8 Å². The van der Waals surface area contributed by atoms with E-state index in [9.17, 15) is 9.59 Å². The third-order valence-corrected chi connectivity index (χ3v) is 3.06. The first-order chi connectivity index (χ1) is 7.66. The molecule has 1 amide bonds. The van der Waals surface area contributed by atoms with Crippen molar-refractivity contribution in [3.8, 4) is 0 Å². The van der Waals surface area contributed by atoms with Gasteiger partial charge in [-0.25, -0.2) is 4.79 Å². The van der Waals surface area contributed by atoms with Gasteiger partial charge in [0.15, 0.2) is 6.10 Å². The van der Waals surface area contributed by atoms with Gasteiger partial charge in [-0.1, -0.05) is 0 Å². The number of hydrogen-bond acceptors (Lipinski definition) is 4. The minimum Gasteiger partial charge on any atom is -0.479 e. The molecule has 90 valence electrons. The van der Waals surface area contributed by atoms with Crippen LogP contribution in [0.15, 0.2) is 0 Å². The van der Waals surface area contributed by atoms with Crippen LogP contribution < -0.4 is 5.32 Å². The van der Waals surface area contributed by atoms with E-state index in [1.54, 1.807) is 4.90 Å². The van der Waals surface area contributed by atoms with Crippen LogP contribution in [0, 0.1) is 5.92 Å². The zero-order valence-corrected chi connectivity index (χ0v) is 9.02. The van der Waals surface area contributed by atoms with Crippen LogP contribution >= 0.6 is 0 Å². The second kappa shape index (κ2) is 4.80. The van der Waals surface area contributed by atoms with Gasteiger partial charge in [-0.15, -0.1) is 0 Å². The SMILES string of the molecule is O=C(O)C1CN(CC2CCNC2)C(=O)CO1. The van der Waals surface area contributed by atoms with Gasteiger partial charge < -0.3 is 20.1 Å². The van der Waals surface area contributed by atoms with Gasteiger partial charge in [0.1, 0.15) is 6.61 Å². The molecule has 2 aliphatic rings. The van der Waals surface area contributed by atoms with Gasteiger partial charge in [0.2, 0.25) is 5.91 Å². The number of carbonyl (C=O) groups is 2. The first-order valence-corrected chi connectivity index (χ1v) is 5.49. The summed E-state index contributed by atoms with van der Waals surface area (Å²) >= 11 is 0. The van der Waals surface area contributed by atoms with E-state index in [4.69, 9.17) is 9.84 Å². The van der Waals surface area contributed by atoms with E-state index in [0.717, 1.165) is 19.5 Å². The number of hydrogen-bond donors (Lipinski definition) is 2. The highest BCUT2D eigenvalue weighted by atomic mass is 16.5. The summed E-state index contributed by atoms with van der Waals surface area (Å²) in [5, 5.41) is 12.1. The standard InChI is InChI=1S/C10H16N2O4/c13-9-6-16-8(10(14)15)5-12(9)4-7-1-2-11-3-7/h7-8,11H,1-6H2,(H,14,15). The first kappa shape index (κ1) is 11.3. The topological polar surface area (TPSA) is 78.9 Å². The number of rotatable bonds is 3. The Labute approximate surface area is 93.6 Å². The van der Waals surface area contributed by atoms with Gasteiger partial charge in [-0.2, -0.15) is 0 Å². The van der Waals surface area contributed by atoms with Crippen LogP contribution in [0.3, 0.4) is 0 Å². The largest absolute Gasteiger partial charge is 0.479 e. The van der Waals surface area contributed by atoms with Crippen LogP contribution in [-0.4, -0.2) is 60.8 Å². The summed E-state index contributed by atoms with van der Waals surface area (Å²) in [5.74, 6) is -0.664. The molecule has 2 atom stereocenters. The quantitative estimate of drug-likeness (QED) is 0.641. The van der Waals surface area contributed by atoms with Crippen molar-refractivity contribution in [1.82, 2.24) is 10.2 Å². The highest BCUT2D eigenvalue weighted by Crippen LogP contribution is 2.13. The second-order valence-electron chi connectivity index (χ2n) is 4.30. The Morgan fingerprint density at radius 2 is 2.44 bits per heavy atom. The Morgan fingerprint density at radius 3 is 3.06 bits per heavy atom. The summed E-state index contributed by atoms with van der Waals surface area (Å²) < 4.78 is 4.94. The Morgan fingerprint density at radius 1 is 1.62 bits per heavy atom. The summed E-state index contributed by atoms with van der Waals surface area (Å²) in [6.45, 7) is 2.58. The molecule has 2 N–H and O–H groups in total. The fraction of sp³-hybridized carbons (Fsp3) is 0.800. The minimum atomic E-state index is -0.998. The number of carbonyl (C=O) groups excluding carboxylic acids is 1. The molecule has 0 bridgehead atoms. The molecule has 0 radical (unpaired) electrons. The molecule has 0 spiro atoms. The third kappa shape index (κ3) is 2.51. The number of carboxylic acids is 1. The van der Waals surface area contributed by atoms with Crippen molar-refractivity contribution in [3.63, 3.8) is 0 Å². The molecule has 6 nitrogen and oxygen atoms in total. The molecule has 2 unspecified atom stereocenters. The smallest absolute Gasteiger partial charge is 0.334 e. The molecule has 6 heteroatoms. The molecule has 16 heavy (non-hydrogen) atoms. The van der Waals surface area contributed by atoms with E-state index in [-0.39, 0.29) is 19.1 Å². The van der Waals surface area contributed by atoms with E-state index in [2.05, 4.69) is 5.32 Å². The second-order valence-corrected chi connectivity index (χ2v) is 4.30. The molecule has 2 aliphatic heterocycles. The number of nitrogens with one attached hydrogen (secondary N) is 1. The molecular weight excluding hydrogens is 212 g/mol. The van der Waals surface area contributed by atoms with Crippen molar-refractivity contribution in [1.29, 1.82) is 0 Å². The molecule has 2 heterocycles. The number of nitrogens with zero attached hydrogens (tertiary/aromatic N) is 1. The number of carboxylic acid groups (broad SMARTS) is 1. The lowest BCUT2D eigenvalue weighted by Gasteiger charge is -2.32. The average Bonchev–Trinajstić information content (AvgIpc) is 2.73. The zero-order valence-electron chi connectivity index (χ0n) is 9.02. The maximum Gasteiger partial charge on any atom is 0.334 e. The van der Waals surface area contributed by atoms with Crippen molar-refractivity contribution < 1.29 is 19.4 Å². The molecular formula is C10H16N2O4. The first-order valence-electron chi connectivity index (χ1n) is 5.49. The molecule has 0 aromatic heterocycles. The van der Waals surface area contributed by atoms with Crippen LogP contribution in [0.5, 0.6) is 0 Å². The Kier molecular flexibility index (Phi) is 3.40. The molecule has 2 saturated heterocycles. The summed E-state index contributed by atoms with van der Waals surface area (Å²) in [6, 6.07) is 0. The van der Waals surface area contributed by atoms with Crippen LogP contribution in [0.25, 0.3) is 0 Å². The Balaban J connectivity index is 1.90.